The fourth-order valence-electron chi connectivity index (χ4n) is 2.41. The van der Waals surface area contributed by atoms with Crippen LogP contribution in [0.25, 0.3) is 10.9 Å². The van der Waals surface area contributed by atoms with E-state index in [1.165, 1.54) is 23.1 Å². The van der Waals surface area contributed by atoms with Gasteiger partial charge in [-0.3, -0.25) is 14.2 Å². The summed E-state index contributed by atoms with van der Waals surface area (Å²) in [6, 6.07) is 7.31. The highest BCUT2D eigenvalue weighted by Gasteiger charge is 2.14. The van der Waals surface area contributed by atoms with Gasteiger partial charge in [0.05, 0.1) is 16.7 Å². The number of benzene rings is 1. The summed E-state index contributed by atoms with van der Waals surface area (Å²) in [6.07, 6.45) is 2.51. The van der Waals surface area contributed by atoms with E-state index in [2.05, 4.69) is 29.1 Å². The number of anilines is 1. The van der Waals surface area contributed by atoms with E-state index in [1.54, 1.807) is 22.2 Å². The van der Waals surface area contributed by atoms with Crippen LogP contribution in [0.15, 0.2) is 45.8 Å². The smallest absolute Gasteiger partial charge is 0.262 e. The molecule has 0 bridgehead atoms. The van der Waals surface area contributed by atoms with Crippen LogP contribution in [0, 0.1) is 5.92 Å². The number of aromatic nitrogens is 3. The van der Waals surface area contributed by atoms with Crippen LogP contribution in [-0.2, 0) is 11.3 Å². The van der Waals surface area contributed by atoms with E-state index in [9.17, 15) is 9.59 Å². The fraction of sp³-hybridized carbons (Fsp3) is 0.333. The van der Waals surface area contributed by atoms with Gasteiger partial charge in [-0.2, -0.15) is 0 Å². The van der Waals surface area contributed by atoms with E-state index in [4.69, 9.17) is 0 Å². The zero-order valence-electron chi connectivity index (χ0n) is 14.6. The largest absolute Gasteiger partial charge is 0.301 e. The first-order valence-corrected chi connectivity index (χ1v) is 10.2. The Hall–Kier alpha value is -2.19. The van der Waals surface area contributed by atoms with E-state index in [-0.39, 0.29) is 17.2 Å². The molecule has 8 heteroatoms. The van der Waals surface area contributed by atoms with Crippen LogP contribution < -0.4 is 10.9 Å². The molecule has 26 heavy (non-hydrogen) atoms. The van der Waals surface area contributed by atoms with Crippen molar-refractivity contribution in [3.8, 4) is 0 Å². The van der Waals surface area contributed by atoms with Gasteiger partial charge >= 0.3 is 0 Å². The molecular formula is C18H20N4O2S2. The zero-order chi connectivity index (χ0) is 18.5. The van der Waals surface area contributed by atoms with Gasteiger partial charge in [-0.15, -0.1) is 11.3 Å². The summed E-state index contributed by atoms with van der Waals surface area (Å²) in [7, 11) is 0. The second-order valence-corrected chi connectivity index (χ2v) is 8.06. The van der Waals surface area contributed by atoms with Crippen molar-refractivity contribution in [3.05, 3.63) is 46.2 Å². The van der Waals surface area contributed by atoms with Gasteiger partial charge in [0.1, 0.15) is 0 Å². The molecule has 1 amide bonds. The maximum atomic E-state index is 12.9. The molecule has 0 aliphatic heterocycles. The Bertz CT molecular complexity index is 951. The lowest BCUT2D eigenvalue weighted by Gasteiger charge is -2.14. The monoisotopic (exact) mass is 388 g/mol. The number of nitrogens with one attached hydrogen (secondary N) is 1. The topological polar surface area (TPSA) is 76.9 Å². The minimum absolute atomic E-state index is 0.0564. The summed E-state index contributed by atoms with van der Waals surface area (Å²) in [5.41, 5.74) is 0.597. The molecule has 3 aromatic rings. The highest BCUT2D eigenvalue weighted by atomic mass is 32.2. The van der Waals surface area contributed by atoms with E-state index in [1.807, 2.05) is 18.2 Å². The second-order valence-electron chi connectivity index (χ2n) is 6.22. The van der Waals surface area contributed by atoms with Crippen LogP contribution in [0.5, 0.6) is 0 Å². The molecule has 3 rings (SSSR count). The third kappa shape index (κ3) is 4.50. The van der Waals surface area contributed by atoms with Crippen molar-refractivity contribution in [3.63, 3.8) is 0 Å². The molecule has 2 aromatic heterocycles. The molecule has 0 radical (unpaired) electrons. The Labute approximate surface area is 159 Å². The number of fused-ring (bicyclic) bond motifs is 1. The Kier molecular flexibility index (Phi) is 6.05. The number of hydrogen-bond acceptors (Lipinski definition) is 6. The summed E-state index contributed by atoms with van der Waals surface area (Å²) < 4.78 is 1.68. The molecule has 0 fully saturated rings. The predicted molar refractivity (Wildman–Crippen MR) is 107 cm³/mol. The SMILES string of the molecule is CC(C)CCn1c(SCC(=O)Nc2nccs2)nc2ccccc2c1=O. The summed E-state index contributed by atoms with van der Waals surface area (Å²) >= 11 is 2.64. The lowest BCUT2D eigenvalue weighted by atomic mass is 10.1. The van der Waals surface area contributed by atoms with Gasteiger partial charge in [-0.05, 0) is 24.5 Å². The summed E-state index contributed by atoms with van der Waals surface area (Å²) in [5, 5.41) is 6.29. The molecule has 0 saturated carbocycles. The van der Waals surface area contributed by atoms with Crippen molar-refractivity contribution < 1.29 is 4.79 Å². The Balaban J connectivity index is 1.83. The van der Waals surface area contributed by atoms with Crippen molar-refractivity contribution in [2.75, 3.05) is 11.1 Å². The second kappa shape index (κ2) is 8.46. The number of hydrogen-bond donors (Lipinski definition) is 1. The van der Waals surface area contributed by atoms with E-state index in [0.29, 0.717) is 33.7 Å². The number of thiazole rings is 1. The van der Waals surface area contributed by atoms with Crippen molar-refractivity contribution in [2.45, 2.75) is 32.0 Å². The van der Waals surface area contributed by atoms with Crippen LogP contribution in [0.2, 0.25) is 0 Å². The Morgan fingerprint density at radius 1 is 1.35 bits per heavy atom. The molecule has 0 saturated heterocycles. The van der Waals surface area contributed by atoms with Crippen LogP contribution in [0.1, 0.15) is 20.3 Å². The Morgan fingerprint density at radius 3 is 2.88 bits per heavy atom. The number of nitrogens with zero attached hydrogens (tertiary/aromatic N) is 3. The number of amides is 1. The van der Waals surface area contributed by atoms with Gasteiger partial charge in [0.15, 0.2) is 10.3 Å². The third-order valence-electron chi connectivity index (χ3n) is 3.77. The molecule has 2 heterocycles. The minimum atomic E-state index is -0.164. The molecule has 136 valence electrons. The lowest BCUT2D eigenvalue weighted by Crippen LogP contribution is -2.25. The molecule has 0 atom stereocenters. The standard InChI is InChI=1S/C18H20N4O2S2/c1-12(2)7-9-22-16(24)13-5-3-4-6-14(13)20-18(22)26-11-15(23)21-17-19-8-10-25-17/h3-6,8,10,12H,7,9,11H2,1-2H3,(H,19,21,23). The quantitative estimate of drug-likeness (QED) is 0.494. The summed E-state index contributed by atoms with van der Waals surface area (Å²) in [6.45, 7) is 4.83. The van der Waals surface area contributed by atoms with Gasteiger partial charge in [-0.25, -0.2) is 9.97 Å². The molecule has 1 aromatic carbocycles. The van der Waals surface area contributed by atoms with Crippen molar-refractivity contribution >= 4 is 45.0 Å². The van der Waals surface area contributed by atoms with Gasteiger partial charge < -0.3 is 5.32 Å². The number of carbonyl (C=O) groups excluding carboxylic acids is 1. The van der Waals surface area contributed by atoms with E-state index >= 15 is 0 Å². The molecular weight excluding hydrogens is 368 g/mol. The minimum Gasteiger partial charge on any atom is -0.301 e. The molecule has 0 aliphatic carbocycles. The summed E-state index contributed by atoms with van der Waals surface area (Å²) in [4.78, 5) is 33.6. The Morgan fingerprint density at radius 2 is 2.15 bits per heavy atom. The molecule has 0 spiro atoms. The van der Waals surface area contributed by atoms with Gasteiger partial charge in [0.25, 0.3) is 5.56 Å². The van der Waals surface area contributed by atoms with Gasteiger partial charge in [0, 0.05) is 18.1 Å². The highest BCUT2D eigenvalue weighted by molar-refractivity contribution is 7.99. The average molecular weight is 389 g/mol. The van der Waals surface area contributed by atoms with E-state index in [0.717, 1.165) is 6.42 Å². The van der Waals surface area contributed by atoms with Gasteiger partial charge in [0.2, 0.25) is 5.91 Å². The molecule has 6 nitrogen and oxygen atoms in total. The van der Waals surface area contributed by atoms with Gasteiger partial charge in [-0.1, -0.05) is 37.7 Å². The number of thioether (sulfide) groups is 1. The van der Waals surface area contributed by atoms with Crippen LogP contribution in [0.4, 0.5) is 5.13 Å². The normalized spacial score (nSPS) is 11.2. The third-order valence-corrected chi connectivity index (χ3v) is 5.43. The number of carbonyl (C=O) groups is 1. The van der Waals surface area contributed by atoms with Crippen molar-refractivity contribution in [1.29, 1.82) is 0 Å². The molecule has 1 N–H and O–H groups in total. The summed E-state index contributed by atoms with van der Waals surface area (Å²) in [5.74, 6) is 0.480. The first-order valence-electron chi connectivity index (χ1n) is 8.36. The van der Waals surface area contributed by atoms with Crippen LogP contribution >= 0.6 is 23.1 Å². The predicted octanol–water partition coefficient (Wildman–Crippen LogP) is 3.63. The molecule has 0 aliphatic rings. The van der Waals surface area contributed by atoms with Crippen molar-refractivity contribution in [2.24, 2.45) is 5.92 Å². The van der Waals surface area contributed by atoms with Crippen molar-refractivity contribution in [1.82, 2.24) is 14.5 Å². The number of para-hydroxylation sites is 1. The first-order chi connectivity index (χ1) is 12.5. The first kappa shape index (κ1) is 18.6. The molecule has 0 unspecified atom stereocenters. The maximum absolute atomic E-state index is 12.9. The maximum Gasteiger partial charge on any atom is 0.262 e. The highest BCUT2D eigenvalue weighted by Crippen LogP contribution is 2.19. The number of rotatable bonds is 7. The lowest BCUT2D eigenvalue weighted by molar-refractivity contribution is -0.113. The average Bonchev–Trinajstić information content (AvgIpc) is 3.12. The van der Waals surface area contributed by atoms with Crippen LogP contribution in [-0.4, -0.2) is 26.2 Å². The van der Waals surface area contributed by atoms with Crippen LogP contribution in [0.3, 0.4) is 0 Å². The fourth-order valence-corrected chi connectivity index (χ4v) is 3.78. The van der Waals surface area contributed by atoms with E-state index < -0.39 is 0 Å². The zero-order valence-corrected chi connectivity index (χ0v) is 16.3.